The molecule has 0 amide bonds. The predicted molar refractivity (Wildman–Crippen MR) is 40.4 cm³/mol. The van der Waals surface area contributed by atoms with Gasteiger partial charge in [-0.1, -0.05) is 0 Å². The lowest BCUT2D eigenvalue weighted by atomic mass is 9.88. The molecule has 3 nitrogen and oxygen atoms in total. The number of alkyl halides is 2. The molecule has 0 aromatic carbocycles. The molecule has 0 radical (unpaired) electrons. The van der Waals surface area contributed by atoms with E-state index in [-0.39, 0.29) is 24.5 Å². The summed E-state index contributed by atoms with van der Waals surface area (Å²) in [5.74, 6) is -2.58. The molecule has 1 aliphatic carbocycles. The van der Waals surface area contributed by atoms with E-state index in [0.717, 1.165) is 0 Å². The minimum atomic E-state index is -2.58. The average Bonchev–Trinajstić information content (AvgIpc) is 2.03. The van der Waals surface area contributed by atoms with Crippen LogP contribution in [-0.4, -0.2) is 12.0 Å². The maximum absolute atomic E-state index is 12.3. The van der Waals surface area contributed by atoms with Crippen molar-refractivity contribution in [1.29, 1.82) is 10.5 Å². The van der Waals surface area contributed by atoms with Crippen LogP contribution in [0, 0.1) is 22.7 Å². The van der Waals surface area contributed by atoms with Crippen molar-refractivity contribution in [3.8, 4) is 12.1 Å². The van der Waals surface area contributed by atoms with Crippen LogP contribution >= 0.6 is 0 Å². The summed E-state index contributed by atoms with van der Waals surface area (Å²) in [6.45, 7) is 0. The van der Waals surface area contributed by atoms with Crippen molar-refractivity contribution in [2.24, 2.45) is 0 Å². The number of nitrogens with one attached hydrogen (secondary N) is 1. The Labute approximate surface area is 74.3 Å². The van der Waals surface area contributed by atoms with Gasteiger partial charge >= 0.3 is 0 Å². The third-order valence-electron chi connectivity index (χ3n) is 1.79. The smallest absolute Gasteiger partial charge is 0.252 e. The van der Waals surface area contributed by atoms with Crippen LogP contribution in [0.5, 0.6) is 0 Å². The van der Waals surface area contributed by atoms with Crippen molar-refractivity contribution in [1.82, 2.24) is 5.32 Å². The minimum Gasteiger partial charge on any atom is -0.386 e. The van der Waals surface area contributed by atoms with Crippen LogP contribution in [-0.2, 0) is 0 Å². The van der Waals surface area contributed by atoms with Gasteiger partial charge in [-0.15, -0.1) is 0 Å². The molecular formula is C8H7F2N3. The molecule has 0 bridgehead atoms. The van der Waals surface area contributed by atoms with Gasteiger partial charge in [-0.3, -0.25) is 0 Å². The van der Waals surface area contributed by atoms with Gasteiger partial charge < -0.3 is 5.32 Å². The fraction of sp³-hybridized carbons (Fsp3) is 0.500. The Bertz CT molecular complexity index is 284. The lowest BCUT2D eigenvalue weighted by Crippen LogP contribution is -2.46. The number of hydrogen-bond acceptors (Lipinski definition) is 3. The van der Waals surface area contributed by atoms with Gasteiger partial charge in [-0.05, 0) is 0 Å². The van der Waals surface area contributed by atoms with Gasteiger partial charge in [0.2, 0.25) is 0 Å². The van der Waals surface area contributed by atoms with Crippen molar-refractivity contribution in [2.45, 2.75) is 24.8 Å². The summed E-state index contributed by atoms with van der Waals surface area (Å²) >= 11 is 0. The van der Waals surface area contributed by atoms with Crippen LogP contribution in [0.4, 0.5) is 8.78 Å². The second kappa shape index (κ2) is 3.40. The second-order valence-electron chi connectivity index (χ2n) is 2.91. The Morgan fingerprint density at radius 2 is 1.92 bits per heavy atom. The standard InChI is InChI=1S/C8H7F2N3/c9-8(10)1-7(2-8)13-5-6(3-11)4-12/h5,7,13H,1-2H2. The summed E-state index contributed by atoms with van der Waals surface area (Å²) in [5, 5.41) is 19.2. The molecule has 0 spiro atoms. The average molecular weight is 183 g/mol. The first-order chi connectivity index (χ1) is 6.07. The fourth-order valence-electron chi connectivity index (χ4n) is 1.07. The van der Waals surface area contributed by atoms with Crippen molar-refractivity contribution < 1.29 is 8.78 Å². The topological polar surface area (TPSA) is 59.6 Å². The molecular weight excluding hydrogens is 176 g/mol. The number of nitriles is 2. The Hall–Kier alpha value is -1.62. The van der Waals surface area contributed by atoms with Crippen molar-refractivity contribution in [3.05, 3.63) is 11.8 Å². The van der Waals surface area contributed by atoms with E-state index in [0.29, 0.717) is 0 Å². The highest BCUT2D eigenvalue weighted by Gasteiger charge is 2.44. The zero-order valence-electron chi connectivity index (χ0n) is 6.72. The SMILES string of the molecule is N#CC(C#N)=CNC1CC(F)(F)C1. The van der Waals surface area contributed by atoms with Gasteiger partial charge in [0.1, 0.15) is 17.7 Å². The Morgan fingerprint density at radius 1 is 1.38 bits per heavy atom. The van der Waals surface area contributed by atoms with E-state index in [9.17, 15) is 8.78 Å². The molecule has 0 heterocycles. The van der Waals surface area contributed by atoms with Crippen LogP contribution in [0.1, 0.15) is 12.8 Å². The Morgan fingerprint density at radius 3 is 2.31 bits per heavy atom. The van der Waals surface area contributed by atoms with E-state index >= 15 is 0 Å². The van der Waals surface area contributed by atoms with Gasteiger partial charge in [0.05, 0.1) is 0 Å². The Kier molecular flexibility index (Phi) is 2.48. The molecule has 1 saturated carbocycles. The van der Waals surface area contributed by atoms with Gasteiger partial charge in [0.15, 0.2) is 0 Å². The maximum Gasteiger partial charge on any atom is 0.252 e. The summed E-state index contributed by atoms with van der Waals surface area (Å²) in [5.41, 5.74) is -0.102. The molecule has 5 heteroatoms. The molecule has 1 aliphatic rings. The normalized spacial score (nSPS) is 19.1. The second-order valence-corrected chi connectivity index (χ2v) is 2.91. The van der Waals surface area contributed by atoms with Gasteiger partial charge in [-0.2, -0.15) is 10.5 Å². The largest absolute Gasteiger partial charge is 0.386 e. The number of nitrogens with zero attached hydrogens (tertiary/aromatic N) is 2. The summed E-state index contributed by atoms with van der Waals surface area (Å²) < 4.78 is 24.6. The first-order valence-electron chi connectivity index (χ1n) is 3.71. The highest BCUT2D eigenvalue weighted by atomic mass is 19.3. The third kappa shape index (κ3) is 2.41. The van der Waals surface area contributed by atoms with E-state index < -0.39 is 5.92 Å². The van der Waals surface area contributed by atoms with Crippen LogP contribution in [0.15, 0.2) is 11.8 Å². The lowest BCUT2D eigenvalue weighted by Gasteiger charge is -2.34. The molecule has 0 aliphatic heterocycles. The molecule has 0 unspecified atom stereocenters. The van der Waals surface area contributed by atoms with Gasteiger partial charge in [0, 0.05) is 25.1 Å². The van der Waals surface area contributed by atoms with E-state index in [4.69, 9.17) is 10.5 Å². The molecule has 0 aromatic heterocycles. The molecule has 1 N–H and O–H groups in total. The molecule has 0 aromatic rings. The van der Waals surface area contributed by atoms with E-state index in [2.05, 4.69) is 5.32 Å². The minimum absolute atomic E-state index is 0.102. The number of allylic oxidation sites excluding steroid dienone is 1. The van der Waals surface area contributed by atoms with Gasteiger partial charge in [-0.25, -0.2) is 8.78 Å². The highest BCUT2D eigenvalue weighted by Crippen LogP contribution is 2.37. The van der Waals surface area contributed by atoms with Crippen LogP contribution < -0.4 is 5.32 Å². The molecule has 0 saturated heterocycles. The first kappa shape index (κ1) is 9.47. The molecule has 68 valence electrons. The lowest BCUT2D eigenvalue weighted by molar-refractivity contribution is -0.0898. The molecule has 1 fully saturated rings. The highest BCUT2D eigenvalue weighted by molar-refractivity contribution is 5.34. The molecule has 0 atom stereocenters. The fourth-order valence-corrected chi connectivity index (χ4v) is 1.07. The zero-order valence-corrected chi connectivity index (χ0v) is 6.72. The zero-order chi connectivity index (χ0) is 9.90. The Balaban J connectivity index is 2.35. The van der Waals surface area contributed by atoms with Crippen LogP contribution in [0.3, 0.4) is 0 Å². The van der Waals surface area contributed by atoms with E-state index in [1.165, 1.54) is 6.20 Å². The van der Waals surface area contributed by atoms with Crippen LogP contribution in [0.2, 0.25) is 0 Å². The first-order valence-corrected chi connectivity index (χ1v) is 3.71. The predicted octanol–water partition coefficient (Wildman–Crippen LogP) is 1.30. The number of halogens is 2. The quantitative estimate of drug-likeness (QED) is 0.656. The third-order valence-corrected chi connectivity index (χ3v) is 1.79. The van der Waals surface area contributed by atoms with Crippen molar-refractivity contribution in [3.63, 3.8) is 0 Å². The van der Waals surface area contributed by atoms with Gasteiger partial charge in [0.25, 0.3) is 5.92 Å². The number of hydrogen-bond donors (Lipinski definition) is 1. The molecule has 13 heavy (non-hydrogen) atoms. The summed E-state index contributed by atoms with van der Waals surface area (Å²) in [7, 11) is 0. The van der Waals surface area contributed by atoms with Crippen molar-refractivity contribution in [2.75, 3.05) is 0 Å². The van der Waals surface area contributed by atoms with E-state index in [1.807, 2.05) is 0 Å². The summed E-state index contributed by atoms with van der Waals surface area (Å²) in [4.78, 5) is 0. The maximum atomic E-state index is 12.3. The van der Waals surface area contributed by atoms with Crippen LogP contribution in [0.25, 0.3) is 0 Å². The monoisotopic (exact) mass is 183 g/mol. The van der Waals surface area contributed by atoms with Crippen molar-refractivity contribution >= 4 is 0 Å². The molecule has 1 rings (SSSR count). The summed E-state index contributed by atoms with van der Waals surface area (Å²) in [6, 6.07) is 2.94. The summed E-state index contributed by atoms with van der Waals surface area (Å²) in [6.07, 6.45) is 0.723. The number of rotatable bonds is 2. The van der Waals surface area contributed by atoms with E-state index in [1.54, 1.807) is 12.1 Å².